The lowest BCUT2D eigenvalue weighted by molar-refractivity contribution is -0.0644. The molecule has 4 aliphatic carbocycles. The van der Waals surface area contributed by atoms with Gasteiger partial charge in [-0.25, -0.2) is 0 Å². The van der Waals surface area contributed by atoms with Gasteiger partial charge in [0.05, 0.1) is 6.10 Å². The van der Waals surface area contributed by atoms with E-state index in [0.717, 1.165) is 48.0 Å². The van der Waals surface area contributed by atoms with Crippen LogP contribution in [0, 0.1) is 52.3 Å². The van der Waals surface area contributed by atoms with Crippen molar-refractivity contribution in [2.75, 3.05) is 6.61 Å². The first-order valence-electron chi connectivity index (χ1n) is 15.0. The molecule has 1 nitrogen and oxygen atoms in total. The maximum Gasteiger partial charge on any atom is 0.0612 e. The summed E-state index contributed by atoms with van der Waals surface area (Å²) < 4.78 is 6.36. The van der Waals surface area contributed by atoms with Gasteiger partial charge in [0, 0.05) is 6.61 Å². The lowest BCUT2D eigenvalue weighted by Crippen LogP contribution is -2.51. The van der Waals surface area contributed by atoms with Crippen molar-refractivity contribution in [1.82, 2.24) is 0 Å². The maximum atomic E-state index is 6.36. The van der Waals surface area contributed by atoms with Gasteiger partial charge < -0.3 is 4.74 Å². The molecule has 0 saturated heterocycles. The number of rotatable bonds is 9. The van der Waals surface area contributed by atoms with E-state index in [0.29, 0.717) is 16.9 Å². The zero-order chi connectivity index (χ0) is 23.8. The molecule has 0 aromatic carbocycles. The molecule has 0 N–H and O–H groups in total. The number of fused-ring (bicyclic) bond motifs is 5. The first-order chi connectivity index (χ1) is 15.6. The van der Waals surface area contributed by atoms with Gasteiger partial charge in [-0.05, 0) is 110 Å². The summed E-state index contributed by atoms with van der Waals surface area (Å²) in [6.45, 7) is 18.3. The topological polar surface area (TPSA) is 9.23 Å². The van der Waals surface area contributed by atoms with Crippen molar-refractivity contribution in [3.63, 3.8) is 0 Å². The van der Waals surface area contributed by atoms with E-state index in [1.165, 1.54) is 77.0 Å². The van der Waals surface area contributed by atoms with Crippen LogP contribution in [-0.2, 0) is 4.74 Å². The Balaban J connectivity index is 1.41. The number of hydrogen-bond acceptors (Lipinski definition) is 1. The largest absolute Gasteiger partial charge is 0.378 e. The lowest BCUT2D eigenvalue weighted by Gasteiger charge is -2.58. The second-order valence-corrected chi connectivity index (χ2v) is 14.2. The molecule has 0 spiro atoms. The Morgan fingerprint density at radius 3 is 2.36 bits per heavy atom. The van der Waals surface area contributed by atoms with Gasteiger partial charge in [0.15, 0.2) is 0 Å². The predicted molar refractivity (Wildman–Crippen MR) is 142 cm³/mol. The first-order valence-corrected chi connectivity index (χ1v) is 15.0. The summed E-state index contributed by atoms with van der Waals surface area (Å²) in [7, 11) is 0. The van der Waals surface area contributed by atoms with Gasteiger partial charge in [-0.1, -0.05) is 79.4 Å². The minimum atomic E-state index is 0.461. The number of allylic oxidation sites excluding steroid dienone is 1. The van der Waals surface area contributed by atoms with E-state index in [9.17, 15) is 0 Å². The monoisotopic (exact) mass is 456 g/mol. The minimum absolute atomic E-state index is 0.461. The average molecular weight is 457 g/mol. The van der Waals surface area contributed by atoms with Crippen molar-refractivity contribution < 1.29 is 4.74 Å². The molecule has 4 aliphatic rings. The Labute approximate surface area is 206 Å². The van der Waals surface area contributed by atoms with Crippen molar-refractivity contribution in [1.29, 1.82) is 0 Å². The summed E-state index contributed by atoms with van der Waals surface area (Å²) in [6.07, 6.45) is 19.9. The van der Waals surface area contributed by atoms with Crippen LogP contribution in [0.15, 0.2) is 11.6 Å². The van der Waals surface area contributed by atoms with Crippen LogP contribution in [0.5, 0.6) is 0 Å². The maximum absolute atomic E-state index is 6.36. The highest BCUT2D eigenvalue weighted by atomic mass is 16.5. The van der Waals surface area contributed by atoms with E-state index in [4.69, 9.17) is 4.74 Å². The molecule has 0 aromatic heterocycles. The molecule has 33 heavy (non-hydrogen) atoms. The third-order valence-corrected chi connectivity index (χ3v) is 11.3. The zero-order valence-corrected chi connectivity index (χ0v) is 23.3. The van der Waals surface area contributed by atoms with E-state index in [-0.39, 0.29) is 0 Å². The van der Waals surface area contributed by atoms with Crippen molar-refractivity contribution >= 4 is 0 Å². The second-order valence-electron chi connectivity index (χ2n) is 14.2. The highest BCUT2D eigenvalue weighted by molar-refractivity contribution is 5.25. The molecule has 0 aromatic rings. The van der Waals surface area contributed by atoms with E-state index in [1.807, 2.05) is 0 Å². The molecule has 8 atom stereocenters. The van der Waals surface area contributed by atoms with Crippen molar-refractivity contribution in [3.8, 4) is 0 Å². The van der Waals surface area contributed by atoms with Gasteiger partial charge in [0.25, 0.3) is 0 Å². The van der Waals surface area contributed by atoms with Crippen molar-refractivity contribution in [3.05, 3.63) is 11.6 Å². The average Bonchev–Trinajstić information content (AvgIpc) is 3.10. The molecule has 0 radical (unpaired) electrons. The summed E-state index contributed by atoms with van der Waals surface area (Å²) in [5, 5.41) is 0. The smallest absolute Gasteiger partial charge is 0.0612 e. The second kappa shape index (κ2) is 10.4. The molecular weight excluding hydrogens is 400 g/mol. The molecule has 3 saturated carbocycles. The van der Waals surface area contributed by atoms with Crippen LogP contribution in [0.4, 0.5) is 0 Å². The Morgan fingerprint density at radius 1 is 0.879 bits per heavy atom. The fraction of sp³-hybridized carbons (Fsp3) is 0.938. The standard InChI is InChI=1S/C32H56O/c1-22(2)9-8-10-24(5)28-13-14-29-27-12-11-25-21-26(33-20-17-23(3)4)15-18-31(25,6)30(27)16-19-32(28,29)7/h11,22-24,26-30H,8-10,12-21H2,1-7H3/t24-,26-,27+,28-,29+,30+,31+,32-/m1/s1. The van der Waals surface area contributed by atoms with Crippen LogP contribution < -0.4 is 0 Å². The van der Waals surface area contributed by atoms with Crippen LogP contribution in [0.2, 0.25) is 0 Å². The van der Waals surface area contributed by atoms with E-state index >= 15 is 0 Å². The Hall–Kier alpha value is -0.300. The van der Waals surface area contributed by atoms with Crippen LogP contribution >= 0.6 is 0 Å². The highest BCUT2D eigenvalue weighted by Crippen LogP contribution is 2.67. The van der Waals surface area contributed by atoms with Gasteiger partial charge in [-0.2, -0.15) is 0 Å². The normalized spacial score (nSPS) is 41.5. The van der Waals surface area contributed by atoms with Crippen LogP contribution in [0.3, 0.4) is 0 Å². The number of hydrogen-bond donors (Lipinski definition) is 0. The summed E-state index contributed by atoms with van der Waals surface area (Å²) >= 11 is 0. The molecule has 0 bridgehead atoms. The Bertz CT molecular complexity index is 676. The number of ether oxygens (including phenoxy) is 1. The zero-order valence-electron chi connectivity index (χ0n) is 23.3. The molecule has 0 unspecified atom stereocenters. The molecule has 190 valence electrons. The van der Waals surface area contributed by atoms with Crippen molar-refractivity contribution in [2.45, 2.75) is 132 Å². The predicted octanol–water partition coefficient (Wildman–Crippen LogP) is 9.46. The third kappa shape index (κ3) is 5.15. The van der Waals surface area contributed by atoms with Crippen LogP contribution in [0.25, 0.3) is 0 Å². The quantitative estimate of drug-likeness (QED) is 0.314. The molecule has 3 fully saturated rings. The SMILES string of the molecule is CC(C)CCC[C@@H](C)[C@H]1CC[C@H]2[C@@H]3CC=C4C[C@H](OCCC(C)C)CC[C@]4(C)[C@H]3CC[C@]12C. The van der Waals surface area contributed by atoms with Gasteiger partial charge in [-0.15, -0.1) is 0 Å². The van der Waals surface area contributed by atoms with Crippen LogP contribution in [-0.4, -0.2) is 12.7 Å². The van der Waals surface area contributed by atoms with Gasteiger partial charge in [0.2, 0.25) is 0 Å². The summed E-state index contributed by atoms with van der Waals surface area (Å²) in [6, 6.07) is 0. The van der Waals surface area contributed by atoms with Gasteiger partial charge in [0.1, 0.15) is 0 Å². The molecule has 4 rings (SSSR count). The van der Waals surface area contributed by atoms with E-state index < -0.39 is 0 Å². The summed E-state index contributed by atoms with van der Waals surface area (Å²) in [5.41, 5.74) is 2.85. The van der Waals surface area contributed by atoms with Gasteiger partial charge in [-0.3, -0.25) is 0 Å². The van der Waals surface area contributed by atoms with Crippen molar-refractivity contribution in [2.24, 2.45) is 52.3 Å². The fourth-order valence-corrected chi connectivity index (χ4v) is 9.26. The van der Waals surface area contributed by atoms with Crippen LogP contribution in [0.1, 0.15) is 126 Å². The van der Waals surface area contributed by atoms with E-state index in [1.54, 1.807) is 5.57 Å². The molecular formula is C32H56O. The molecule has 0 amide bonds. The van der Waals surface area contributed by atoms with E-state index in [2.05, 4.69) is 54.5 Å². The third-order valence-electron chi connectivity index (χ3n) is 11.3. The lowest BCUT2D eigenvalue weighted by atomic mass is 9.47. The minimum Gasteiger partial charge on any atom is -0.378 e. The van der Waals surface area contributed by atoms with Gasteiger partial charge >= 0.3 is 0 Å². The first kappa shape index (κ1) is 25.8. The Kier molecular flexibility index (Phi) is 8.09. The fourth-order valence-electron chi connectivity index (χ4n) is 9.26. The molecule has 1 heteroatoms. The molecule has 0 aliphatic heterocycles. The summed E-state index contributed by atoms with van der Waals surface area (Å²) in [5.74, 6) is 6.35. The Morgan fingerprint density at radius 2 is 1.64 bits per heavy atom. The summed E-state index contributed by atoms with van der Waals surface area (Å²) in [4.78, 5) is 0. The highest BCUT2D eigenvalue weighted by Gasteiger charge is 2.59. The molecule has 0 heterocycles.